The van der Waals surface area contributed by atoms with Gasteiger partial charge in [0.1, 0.15) is 0 Å². The van der Waals surface area contributed by atoms with Crippen LogP contribution in [0.15, 0.2) is 0 Å². The number of hydrogen-bond donors (Lipinski definition) is 3. The Morgan fingerprint density at radius 2 is 2.07 bits per heavy atom. The second-order valence-electron chi connectivity index (χ2n) is 3.66. The number of rotatable bonds is 2. The predicted molar refractivity (Wildman–Crippen MR) is 47.8 cm³/mol. The van der Waals surface area contributed by atoms with Gasteiger partial charge < -0.3 is 19.4 Å². The van der Waals surface area contributed by atoms with Crippen LogP contribution in [0.5, 0.6) is 0 Å². The molecule has 74 valence electrons. The first-order valence-corrected chi connectivity index (χ1v) is 4.31. The summed E-state index contributed by atoms with van der Waals surface area (Å²) in [5, 5.41) is 8.61. The van der Waals surface area contributed by atoms with Crippen LogP contribution in [0, 0.1) is 0 Å². The Labute approximate surface area is 132 Å². The summed E-state index contributed by atoms with van der Waals surface area (Å²) in [7, 11) is 0. The van der Waals surface area contributed by atoms with Crippen molar-refractivity contribution in [1.82, 2.24) is 0 Å². The minimum Gasteiger partial charge on any atom is -1.00 e. The van der Waals surface area contributed by atoms with E-state index in [0.29, 0.717) is 0 Å². The molecule has 0 radical (unpaired) electrons. The number of aliphatic carboxylic acids is 1. The zero-order valence-electron chi connectivity index (χ0n) is 11.1. The normalized spacial score (nSPS) is 31.1. The maximum atomic E-state index is 10.5. The van der Waals surface area contributed by atoms with Crippen LogP contribution in [0.1, 0.15) is 35.0 Å². The average Bonchev–Trinajstić information content (AvgIpc) is 1.94. The second-order valence-corrected chi connectivity index (χ2v) is 3.66. The van der Waals surface area contributed by atoms with Gasteiger partial charge in [-0.15, -0.1) is 0 Å². The van der Waals surface area contributed by atoms with E-state index in [1.165, 1.54) is 0 Å². The molecular formula is C8H18N2Na2O2. The van der Waals surface area contributed by atoms with Crippen molar-refractivity contribution in [1.29, 1.82) is 0 Å². The maximum absolute atomic E-state index is 10.5. The van der Waals surface area contributed by atoms with Gasteiger partial charge in [-0.1, -0.05) is 12.8 Å². The summed E-state index contributed by atoms with van der Waals surface area (Å²) in [6.45, 7) is 0. The Bertz CT molecular complexity index is 201. The quantitative estimate of drug-likeness (QED) is 0.405. The molecule has 0 aromatic heterocycles. The fourth-order valence-corrected chi connectivity index (χ4v) is 1.79. The van der Waals surface area contributed by atoms with Gasteiger partial charge in [-0.2, -0.15) is 0 Å². The first kappa shape index (κ1) is 17.8. The van der Waals surface area contributed by atoms with E-state index in [4.69, 9.17) is 16.6 Å². The fraction of sp³-hybridized carbons (Fsp3) is 0.875. The molecule has 2 atom stereocenters. The van der Waals surface area contributed by atoms with Gasteiger partial charge in [-0.25, -0.2) is 0 Å². The molecule has 6 heteroatoms. The Hall–Kier alpha value is 1.39. The number of carbonyl (C=O) groups is 1. The molecule has 0 aromatic rings. The van der Waals surface area contributed by atoms with Gasteiger partial charge in [0.25, 0.3) is 0 Å². The molecule has 0 aliphatic heterocycles. The molecule has 1 rings (SSSR count). The van der Waals surface area contributed by atoms with Gasteiger partial charge in [0, 0.05) is 11.6 Å². The van der Waals surface area contributed by atoms with Gasteiger partial charge in [-0.05, 0) is 12.8 Å². The molecule has 2 unspecified atom stereocenters. The Kier molecular flexibility index (Phi) is 9.69. The smallest absolute Gasteiger partial charge is 1.00 e. The van der Waals surface area contributed by atoms with Crippen molar-refractivity contribution in [3.05, 3.63) is 0 Å². The first-order valence-electron chi connectivity index (χ1n) is 4.31. The standard InChI is InChI=1S/C8H16N2O2.2Na.2H/c9-6-3-1-2-4-8(6,10)5-7(11)12;;;;/h6H,1-5,9-10H2,(H,11,12);;;;/q;2*+1;2*-1. The monoisotopic (exact) mass is 220 g/mol. The Morgan fingerprint density at radius 3 is 2.50 bits per heavy atom. The van der Waals surface area contributed by atoms with Crippen molar-refractivity contribution in [2.24, 2.45) is 11.5 Å². The van der Waals surface area contributed by atoms with Crippen molar-refractivity contribution in [3.8, 4) is 0 Å². The summed E-state index contributed by atoms with van der Waals surface area (Å²) >= 11 is 0. The number of nitrogens with two attached hydrogens (primary N) is 2. The maximum Gasteiger partial charge on any atom is 1.00 e. The SMILES string of the molecule is NC1CCCCC1(N)CC(=O)O.[H-].[H-].[Na+].[Na+]. The Morgan fingerprint density at radius 1 is 1.50 bits per heavy atom. The number of carboxylic acids is 1. The van der Waals surface area contributed by atoms with E-state index >= 15 is 0 Å². The fourth-order valence-electron chi connectivity index (χ4n) is 1.79. The molecule has 1 fully saturated rings. The van der Waals surface area contributed by atoms with Gasteiger partial charge in [0.2, 0.25) is 0 Å². The van der Waals surface area contributed by atoms with Crippen LogP contribution in [-0.2, 0) is 4.79 Å². The van der Waals surface area contributed by atoms with Crippen LogP contribution in [0.3, 0.4) is 0 Å². The summed E-state index contributed by atoms with van der Waals surface area (Å²) in [6.07, 6.45) is 3.65. The van der Waals surface area contributed by atoms with Gasteiger partial charge in [-0.3, -0.25) is 4.79 Å². The molecule has 4 nitrogen and oxygen atoms in total. The molecular weight excluding hydrogens is 202 g/mol. The molecule has 0 heterocycles. The summed E-state index contributed by atoms with van der Waals surface area (Å²) < 4.78 is 0. The predicted octanol–water partition coefficient (Wildman–Crippen LogP) is -5.71. The molecule has 0 spiro atoms. The van der Waals surface area contributed by atoms with Crippen LogP contribution in [0.25, 0.3) is 0 Å². The van der Waals surface area contributed by atoms with Crippen LogP contribution in [0.4, 0.5) is 0 Å². The van der Waals surface area contributed by atoms with Crippen molar-refractivity contribution >= 4 is 5.97 Å². The second kappa shape index (κ2) is 7.63. The van der Waals surface area contributed by atoms with Crippen LogP contribution < -0.4 is 70.6 Å². The van der Waals surface area contributed by atoms with E-state index in [2.05, 4.69) is 0 Å². The molecule has 1 saturated carbocycles. The summed E-state index contributed by atoms with van der Waals surface area (Å²) in [6, 6.07) is -0.151. The molecule has 1 aliphatic carbocycles. The summed E-state index contributed by atoms with van der Waals surface area (Å²) in [5.74, 6) is -0.852. The molecule has 0 amide bonds. The van der Waals surface area contributed by atoms with Gasteiger partial charge in [0.05, 0.1) is 6.42 Å². The minimum absolute atomic E-state index is 0. The molecule has 5 N–H and O–H groups in total. The van der Waals surface area contributed by atoms with E-state index in [-0.39, 0.29) is 74.4 Å². The topological polar surface area (TPSA) is 89.3 Å². The molecule has 1 aliphatic rings. The van der Waals surface area contributed by atoms with Gasteiger partial charge in [0.15, 0.2) is 0 Å². The Balaban J connectivity index is -0.000000180. The van der Waals surface area contributed by atoms with Crippen LogP contribution >= 0.6 is 0 Å². The third-order valence-corrected chi connectivity index (χ3v) is 2.63. The summed E-state index contributed by atoms with van der Waals surface area (Å²) in [4.78, 5) is 10.5. The van der Waals surface area contributed by atoms with Crippen molar-refractivity contribution in [3.63, 3.8) is 0 Å². The van der Waals surface area contributed by atoms with E-state index in [0.717, 1.165) is 25.7 Å². The van der Waals surface area contributed by atoms with E-state index in [9.17, 15) is 4.79 Å². The zero-order valence-corrected chi connectivity index (χ0v) is 13.1. The summed E-state index contributed by atoms with van der Waals surface area (Å²) in [5.41, 5.74) is 11.0. The molecule has 0 bridgehead atoms. The van der Waals surface area contributed by atoms with E-state index in [1.807, 2.05) is 0 Å². The van der Waals surface area contributed by atoms with E-state index in [1.54, 1.807) is 0 Å². The van der Waals surface area contributed by atoms with Crippen molar-refractivity contribution < 1.29 is 71.9 Å². The van der Waals surface area contributed by atoms with Gasteiger partial charge >= 0.3 is 65.1 Å². The minimum atomic E-state index is -0.852. The zero-order chi connectivity index (χ0) is 9.19. The first-order chi connectivity index (χ1) is 5.54. The third-order valence-electron chi connectivity index (χ3n) is 2.63. The van der Waals surface area contributed by atoms with Crippen LogP contribution in [0.2, 0.25) is 0 Å². The molecule has 14 heavy (non-hydrogen) atoms. The van der Waals surface area contributed by atoms with E-state index < -0.39 is 11.5 Å². The third kappa shape index (κ3) is 4.94. The number of carboxylic acid groups (broad SMARTS) is 1. The van der Waals surface area contributed by atoms with Crippen molar-refractivity contribution in [2.45, 2.75) is 43.7 Å². The molecule has 0 aromatic carbocycles. The largest absolute Gasteiger partial charge is 1.00 e. The van der Waals surface area contributed by atoms with Crippen LogP contribution in [-0.4, -0.2) is 22.7 Å². The van der Waals surface area contributed by atoms with Crippen molar-refractivity contribution in [2.75, 3.05) is 0 Å². The molecule has 0 saturated heterocycles. The number of hydrogen-bond acceptors (Lipinski definition) is 3. The average molecular weight is 220 g/mol.